The number of hydrogen-bond acceptors (Lipinski definition) is 5. The van der Waals surface area contributed by atoms with E-state index in [1.165, 1.54) is 4.31 Å². The number of benzene rings is 2. The summed E-state index contributed by atoms with van der Waals surface area (Å²) in [6.45, 7) is 3.13. The van der Waals surface area contributed by atoms with Gasteiger partial charge in [-0.25, -0.2) is 8.42 Å². The molecule has 0 aromatic heterocycles. The minimum atomic E-state index is -3.58. The average Bonchev–Trinajstić information content (AvgIpc) is 2.73. The van der Waals surface area contributed by atoms with Gasteiger partial charge in [0.1, 0.15) is 6.10 Å². The molecule has 1 amide bonds. The molecule has 0 saturated carbocycles. The van der Waals surface area contributed by atoms with Gasteiger partial charge in [0.25, 0.3) is 5.91 Å². The number of carbonyl (C=O) groups is 1. The summed E-state index contributed by atoms with van der Waals surface area (Å²) in [5, 5.41) is 5.05. The van der Waals surface area contributed by atoms with Gasteiger partial charge in [-0.1, -0.05) is 30.3 Å². The van der Waals surface area contributed by atoms with Crippen molar-refractivity contribution in [3.05, 3.63) is 42.5 Å². The third kappa shape index (κ3) is 3.70. The molecule has 0 spiro atoms. The highest BCUT2D eigenvalue weighted by Crippen LogP contribution is 2.23. The fourth-order valence-electron chi connectivity index (χ4n) is 3.55. The Labute approximate surface area is 158 Å². The molecule has 2 aliphatic heterocycles. The molecule has 0 radical (unpaired) electrons. The number of morpholine rings is 1. The van der Waals surface area contributed by atoms with Crippen molar-refractivity contribution < 1.29 is 17.9 Å². The molecule has 8 heteroatoms. The van der Waals surface area contributed by atoms with Gasteiger partial charge in [-0.15, -0.1) is 0 Å². The van der Waals surface area contributed by atoms with E-state index in [4.69, 9.17) is 4.74 Å². The van der Waals surface area contributed by atoms with Gasteiger partial charge in [0.05, 0.1) is 11.5 Å². The van der Waals surface area contributed by atoms with Crippen LogP contribution in [0.5, 0.6) is 0 Å². The van der Waals surface area contributed by atoms with Crippen LogP contribution in [-0.2, 0) is 19.6 Å². The van der Waals surface area contributed by atoms with Crippen LogP contribution >= 0.6 is 0 Å². The molecule has 0 bridgehead atoms. The van der Waals surface area contributed by atoms with Gasteiger partial charge in [-0.3, -0.25) is 4.79 Å². The number of nitrogens with one attached hydrogen (secondary N) is 1. The van der Waals surface area contributed by atoms with Crippen LogP contribution in [0.25, 0.3) is 10.8 Å². The van der Waals surface area contributed by atoms with Crippen LogP contribution in [0, 0.1) is 0 Å². The van der Waals surface area contributed by atoms with Gasteiger partial charge in [-0.2, -0.15) is 4.31 Å². The lowest BCUT2D eigenvalue weighted by Crippen LogP contribution is -2.55. The van der Waals surface area contributed by atoms with E-state index >= 15 is 0 Å². The van der Waals surface area contributed by atoms with E-state index < -0.39 is 16.1 Å². The van der Waals surface area contributed by atoms with Crippen molar-refractivity contribution in [2.75, 3.05) is 45.9 Å². The maximum absolute atomic E-state index is 13.0. The summed E-state index contributed by atoms with van der Waals surface area (Å²) in [5.74, 6) is -0.0649. The Kier molecular flexibility index (Phi) is 5.14. The molecule has 2 saturated heterocycles. The summed E-state index contributed by atoms with van der Waals surface area (Å²) in [7, 11) is -3.58. The largest absolute Gasteiger partial charge is 0.366 e. The number of nitrogens with zero attached hydrogens (tertiary/aromatic N) is 2. The summed E-state index contributed by atoms with van der Waals surface area (Å²) in [5.41, 5.74) is 0. The summed E-state index contributed by atoms with van der Waals surface area (Å²) < 4.78 is 33.0. The molecule has 2 aromatic carbocycles. The van der Waals surface area contributed by atoms with Crippen molar-refractivity contribution in [3.63, 3.8) is 0 Å². The first-order valence-corrected chi connectivity index (χ1v) is 10.6. The maximum atomic E-state index is 13.0. The van der Waals surface area contributed by atoms with E-state index in [9.17, 15) is 13.2 Å². The fraction of sp³-hybridized carbons (Fsp3) is 0.421. The lowest BCUT2D eigenvalue weighted by molar-refractivity contribution is -0.146. The third-order valence-electron chi connectivity index (χ3n) is 5.11. The molecule has 1 atom stereocenters. The lowest BCUT2D eigenvalue weighted by atomic mass is 10.1. The predicted octanol–water partition coefficient (Wildman–Crippen LogP) is 0.661. The SMILES string of the molecule is O=C(C1CNCCO1)N1CCN(S(=O)(=O)c2ccc3ccccc3c2)CC1. The zero-order valence-corrected chi connectivity index (χ0v) is 15.8. The Bertz CT molecular complexity index is 933. The fourth-order valence-corrected chi connectivity index (χ4v) is 5.01. The molecule has 144 valence electrons. The Morgan fingerprint density at radius 1 is 1.04 bits per heavy atom. The second-order valence-corrected chi connectivity index (χ2v) is 8.74. The van der Waals surface area contributed by atoms with E-state index in [1.807, 2.05) is 30.3 Å². The van der Waals surface area contributed by atoms with Crippen LogP contribution in [0.15, 0.2) is 47.4 Å². The first kappa shape index (κ1) is 18.4. The Hall–Kier alpha value is -2.00. The van der Waals surface area contributed by atoms with Gasteiger partial charge >= 0.3 is 0 Å². The van der Waals surface area contributed by atoms with Gasteiger partial charge in [-0.05, 0) is 22.9 Å². The highest BCUT2D eigenvalue weighted by atomic mass is 32.2. The van der Waals surface area contributed by atoms with Crippen LogP contribution in [0.1, 0.15) is 0 Å². The molecule has 4 rings (SSSR count). The normalized spacial score (nSPS) is 22.1. The number of amides is 1. The smallest absolute Gasteiger partial charge is 0.253 e. The highest BCUT2D eigenvalue weighted by Gasteiger charge is 2.33. The molecule has 2 aliphatic rings. The minimum Gasteiger partial charge on any atom is -0.366 e. The first-order chi connectivity index (χ1) is 13.1. The van der Waals surface area contributed by atoms with E-state index in [2.05, 4.69) is 5.32 Å². The van der Waals surface area contributed by atoms with Gasteiger partial charge in [0.2, 0.25) is 10.0 Å². The molecule has 2 heterocycles. The second kappa shape index (κ2) is 7.55. The quantitative estimate of drug-likeness (QED) is 0.834. The summed E-state index contributed by atoms with van der Waals surface area (Å²) in [6, 6.07) is 12.9. The van der Waals surface area contributed by atoms with E-state index in [0.717, 1.165) is 17.3 Å². The number of carbonyl (C=O) groups excluding carboxylic acids is 1. The topological polar surface area (TPSA) is 79.0 Å². The highest BCUT2D eigenvalue weighted by molar-refractivity contribution is 7.89. The van der Waals surface area contributed by atoms with Crippen molar-refractivity contribution in [3.8, 4) is 0 Å². The predicted molar refractivity (Wildman–Crippen MR) is 102 cm³/mol. The van der Waals surface area contributed by atoms with Crippen molar-refractivity contribution in [2.45, 2.75) is 11.0 Å². The van der Waals surface area contributed by atoms with Crippen LogP contribution in [0.3, 0.4) is 0 Å². The molecule has 0 aliphatic carbocycles. The van der Waals surface area contributed by atoms with Crippen LogP contribution < -0.4 is 5.32 Å². The number of hydrogen-bond donors (Lipinski definition) is 1. The molecule has 27 heavy (non-hydrogen) atoms. The van der Waals surface area contributed by atoms with Crippen molar-refractivity contribution >= 4 is 26.7 Å². The molecule has 1 unspecified atom stereocenters. The number of piperazine rings is 1. The second-order valence-electron chi connectivity index (χ2n) is 6.80. The van der Waals surface area contributed by atoms with E-state index in [-0.39, 0.29) is 5.91 Å². The lowest BCUT2D eigenvalue weighted by Gasteiger charge is -2.36. The Balaban J connectivity index is 1.45. The van der Waals surface area contributed by atoms with E-state index in [0.29, 0.717) is 44.2 Å². The van der Waals surface area contributed by atoms with Crippen molar-refractivity contribution in [2.24, 2.45) is 0 Å². The summed E-state index contributed by atoms with van der Waals surface area (Å²) in [4.78, 5) is 14.5. The molecule has 7 nitrogen and oxygen atoms in total. The van der Waals surface area contributed by atoms with Crippen molar-refractivity contribution in [1.82, 2.24) is 14.5 Å². The molecular formula is C19H23N3O4S. The summed E-state index contributed by atoms with van der Waals surface area (Å²) in [6.07, 6.45) is -0.470. The van der Waals surface area contributed by atoms with Gasteiger partial charge in [0, 0.05) is 39.3 Å². The van der Waals surface area contributed by atoms with Crippen LogP contribution in [-0.4, -0.2) is 75.5 Å². The Morgan fingerprint density at radius 3 is 2.48 bits per heavy atom. The number of ether oxygens (including phenoxy) is 1. The maximum Gasteiger partial charge on any atom is 0.253 e. The Morgan fingerprint density at radius 2 is 1.78 bits per heavy atom. The zero-order valence-electron chi connectivity index (χ0n) is 15.0. The minimum absolute atomic E-state index is 0.0649. The van der Waals surface area contributed by atoms with E-state index in [1.54, 1.807) is 17.0 Å². The van der Waals surface area contributed by atoms with Crippen LogP contribution in [0.4, 0.5) is 0 Å². The molecule has 1 N–H and O–H groups in total. The third-order valence-corrected chi connectivity index (χ3v) is 7.01. The molecule has 2 fully saturated rings. The van der Waals surface area contributed by atoms with Crippen molar-refractivity contribution in [1.29, 1.82) is 0 Å². The zero-order chi connectivity index (χ0) is 18.9. The standard InChI is InChI=1S/C19H23N3O4S/c23-19(18-14-20-7-12-26-18)21-8-10-22(11-9-21)27(24,25)17-6-5-15-3-1-2-4-16(15)13-17/h1-6,13,18,20H,7-12,14H2. The van der Waals surface area contributed by atoms with Crippen LogP contribution in [0.2, 0.25) is 0 Å². The number of sulfonamides is 1. The first-order valence-electron chi connectivity index (χ1n) is 9.16. The average molecular weight is 389 g/mol. The van der Waals surface area contributed by atoms with Gasteiger partial charge < -0.3 is 15.0 Å². The number of rotatable bonds is 3. The molecular weight excluding hydrogens is 366 g/mol. The summed E-state index contributed by atoms with van der Waals surface area (Å²) >= 11 is 0. The molecule has 2 aromatic rings. The number of fused-ring (bicyclic) bond motifs is 1. The monoisotopic (exact) mass is 389 g/mol. The van der Waals surface area contributed by atoms with Gasteiger partial charge in [0.15, 0.2) is 0 Å².